The quantitative estimate of drug-likeness (QED) is 0.0788. The number of likely N-dealkylation sites (N-methyl/N-ethyl adjacent to an activating group) is 1. The van der Waals surface area contributed by atoms with E-state index in [2.05, 4.69) is 40.7 Å². The Hall–Kier alpha value is -0.960. The zero-order valence-corrected chi connectivity index (χ0v) is 30.9. The second kappa shape index (κ2) is 15.3. The number of phosphoric ester groups is 1. The van der Waals surface area contributed by atoms with Crippen LogP contribution in [0.15, 0.2) is 11.6 Å². The lowest BCUT2D eigenvalue weighted by Gasteiger charge is -2.58. The summed E-state index contributed by atoms with van der Waals surface area (Å²) in [5.74, 6) is 4.72. The zero-order chi connectivity index (χ0) is 33.9. The van der Waals surface area contributed by atoms with Crippen molar-refractivity contribution in [2.24, 2.45) is 46.3 Å². The first kappa shape index (κ1) is 37.9. The Bertz CT molecular complexity index is 1110. The van der Waals surface area contributed by atoms with E-state index >= 15 is 0 Å². The fourth-order valence-corrected chi connectivity index (χ4v) is 10.5. The van der Waals surface area contributed by atoms with Crippen molar-refractivity contribution in [3.63, 3.8) is 0 Å². The molecule has 10 heteroatoms. The number of allylic oxidation sites excluding steroid dienone is 1. The monoisotopic (exact) mass is 670 g/mol. The highest BCUT2D eigenvalue weighted by molar-refractivity contribution is 7.47. The van der Waals surface area contributed by atoms with Gasteiger partial charge in [-0.1, -0.05) is 65.5 Å². The molecule has 0 bridgehead atoms. The summed E-state index contributed by atoms with van der Waals surface area (Å²) >= 11 is 0. The summed E-state index contributed by atoms with van der Waals surface area (Å²) in [6.07, 6.45) is 13.3. The van der Waals surface area contributed by atoms with Crippen LogP contribution in [-0.4, -0.2) is 80.4 Å². The zero-order valence-electron chi connectivity index (χ0n) is 30.0. The van der Waals surface area contributed by atoms with Gasteiger partial charge in [-0.15, -0.1) is 0 Å². The van der Waals surface area contributed by atoms with Crippen LogP contribution in [0.4, 0.5) is 4.79 Å². The van der Waals surface area contributed by atoms with Crippen LogP contribution in [0.5, 0.6) is 0 Å². The van der Waals surface area contributed by atoms with Gasteiger partial charge in [0.1, 0.15) is 32.0 Å². The molecule has 2 N–H and O–H groups in total. The number of aliphatic hydroxyl groups excluding tert-OH is 1. The first-order valence-electron chi connectivity index (χ1n) is 18.1. The smallest absolute Gasteiger partial charge is 0.431 e. The van der Waals surface area contributed by atoms with E-state index in [0.717, 1.165) is 55.3 Å². The molecule has 0 saturated heterocycles. The average Bonchev–Trinajstić information content (AvgIpc) is 3.31. The molecule has 4 aliphatic rings. The topological polar surface area (TPSA) is 112 Å². The van der Waals surface area contributed by atoms with Crippen LogP contribution < -0.4 is 0 Å². The molecule has 4 rings (SSSR count). The van der Waals surface area contributed by atoms with Crippen LogP contribution in [0, 0.1) is 46.3 Å². The van der Waals surface area contributed by atoms with Crippen LogP contribution in [0.2, 0.25) is 0 Å². The third kappa shape index (κ3) is 9.38. The molecule has 0 aliphatic heterocycles. The largest absolute Gasteiger partial charge is 0.508 e. The fraction of sp³-hybridized carbons (Fsp3) is 0.917. The van der Waals surface area contributed by atoms with Gasteiger partial charge in [0.2, 0.25) is 0 Å². The first-order valence-corrected chi connectivity index (χ1v) is 19.6. The summed E-state index contributed by atoms with van der Waals surface area (Å²) in [5.41, 5.74) is 2.07. The van der Waals surface area contributed by atoms with Crippen molar-refractivity contribution in [3.05, 3.63) is 11.6 Å². The molecule has 0 aromatic heterocycles. The maximum atomic E-state index is 12.5. The van der Waals surface area contributed by atoms with Gasteiger partial charge in [-0.2, -0.15) is 0 Å². The molecule has 4 aliphatic carbocycles. The number of carbonyl (C=O) groups is 1. The van der Waals surface area contributed by atoms with E-state index < -0.39 is 33.3 Å². The maximum Gasteiger partial charge on any atom is 0.508 e. The molecule has 3 saturated carbocycles. The van der Waals surface area contributed by atoms with Crippen molar-refractivity contribution in [2.75, 3.05) is 47.5 Å². The highest BCUT2D eigenvalue weighted by Gasteiger charge is 2.59. The molecule has 0 heterocycles. The second-order valence-corrected chi connectivity index (χ2v) is 18.6. The van der Waals surface area contributed by atoms with Crippen LogP contribution in [0.1, 0.15) is 105 Å². The standard InChI is InChI=1S/C36H64NO8P/c1-25(2)10-9-11-26(3)31-14-15-32-30-13-12-27-22-29(16-18-35(27,4)33(30)17-19-36(31,32)5)45-34(39)42-23-28(38)24-44-46(40,41)43-21-20-37(6,7)8/h12,25-26,28-33,38H,9-11,13-24H2,1-8H3/p+1/t26-,28?,29?,30+,31-,32+,33+,35+,36-/m1/s1. The molecular weight excluding hydrogens is 605 g/mol. The number of hydrogen-bond acceptors (Lipinski definition) is 7. The molecule has 3 fully saturated rings. The van der Waals surface area contributed by atoms with Crippen molar-refractivity contribution in [1.82, 2.24) is 0 Å². The van der Waals surface area contributed by atoms with Gasteiger partial charge in [0.25, 0.3) is 0 Å². The number of carbonyl (C=O) groups excluding carboxylic acids is 1. The Morgan fingerprint density at radius 3 is 2.46 bits per heavy atom. The van der Waals surface area contributed by atoms with Gasteiger partial charge in [0.05, 0.1) is 27.7 Å². The third-order valence-electron chi connectivity index (χ3n) is 12.4. The average molecular weight is 671 g/mol. The molecule has 266 valence electrons. The van der Waals surface area contributed by atoms with Gasteiger partial charge in [-0.05, 0) is 91.3 Å². The Balaban J connectivity index is 1.24. The molecule has 9 nitrogen and oxygen atoms in total. The SMILES string of the molecule is CC(C)CCC[C@@H](C)[C@H]1CC[C@H]2[C@@H]3CC=C4CC(OC(=O)OCC(O)COP(=O)(O)OCC[N+](C)(C)C)CC[C@]4(C)[C@H]3CC[C@]12C. The molecule has 0 amide bonds. The minimum Gasteiger partial charge on any atom is -0.431 e. The Morgan fingerprint density at radius 1 is 1.02 bits per heavy atom. The number of fused-ring (bicyclic) bond motifs is 5. The van der Waals surface area contributed by atoms with E-state index in [0.29, 0.717) is 22.4 Å². The molecule has 0 radical (unpaired) electrons. The number of hydrogen-bond donors (Lipinski definition) is 2. The van der Waals surface area contributed by atoms with Crippen LogP contribution in [0.3, 0.4) is 0 Å². The van der Waals surface area contributed by atoms with Gasteiger partial charge < -0.3 is 24.0 Å². The number of nitrogens with zero attached hydrogens (tertiary/aromatic N) is 1. The molecular formula is C36H65NO8P+. The predicted molar refractivity (Wildman–Crippen MR) is 180 cm³/mol. The van der Waals surface area contributed by atoms with E-state index in [9.17, 15) is 19.4 Å². The van der Waals surface area contributed by atoms with Crippen molar-refractivity contribution < 1.29 is 42.4 Å². The number of quaternary nitrogens is 1. The van der Waals surface area contributed by atoms with Gasteiger partial charge in [-0.3, -0.25) is 9.05 Å². The Labute approximate surface area is 279 Å². The molecule has 3 unspecified atom stereocenters. The molecule has 0 aromatic rings. The van der Waals surface area contributed by atoms with E-state index in [1.165, 1.54) is 50.5 Å². The predicted octanol–water partition coefficient (Wildman–Crippen LogP) is 7.75. The minimum absolute atomic E-state index is 0.0346. The fourth-order valence-electron chi connectivity index (χ4n) is 9.78. The van der Waals surface area contributed by atoms with Crippen molar-refractivity contribution in [2.45, 2.75) is 117 Å². The number of rotatable bonds is 15. The Kier molecular flexibility index (Phi) is 12.6. The van der Waals surface area contributed by atoms with Crippen LogP contribution in [0.25, 0.3) is 0 Å². The van der Waals surface area contributed by atoms with Gasteiger partial charge in [-0.25, -0.2) is 9.36 Å². The number of aliphatic hydroxyl groups is 1. The molecule has 0 spiro atoms. The number of phosphoric acid groups is 1. The molecule has 46 heavy (non-hydrogen) atoms. The van der Waals surface area contributed by atoms with Crippen molar-refractivity contribution in [3.8, 4) is 0 Å². The highest BCUT2D eigenvalue weighted by atomic mass is 31.2. The summed E-state index contributed by atoms with van der Waals surface area (Å²) in [5, 5.41) is 10.1. The summed E-state index contributed by atoms with van der Waals surface area (Å²) in [6, 6.07) is 0. The lowest BCUT2D eigenvalue weighted by molar-refractivity contribution is -0.870. The lowest BCUT2D eigenvalue weighted by atomic mass is 9.47. The van der Waals surface area contributed by atoms with E-state index in [4.69, 9.17) is 18.5 Å². The van der Waals surface area contributed by atoms with Gasteiger partial charge in [0, 0.05) is 6.42 Å². The summed E-state index contributed by atoms with van der Waals surface area (Å²) in [6.45, 7) is 12.0. The lowest BCUT2D eigenvalue weighted by Crippen LogP contribution is -2.51. The summed E-state index contributed by atoms with van der Waals surface area (Å²) in [4.78, 5) is 22.3. The van der Waals surface area contributed by atoms with E-state index in [1.807, 2.05) is 21.1 Å². The Morgan fingerprint density at radius 2 is 1.76 bits per heavy atom. The normalized spacial score (nSPS) is 35.3. The summed E-state index contributed by atoms with van der Waals surface area (Å²) in [7, 11) is 1.50. The third-order valence-corrected chi connectivity index (χ3v) is 13.3. The van der Waals surface area contributed by atoms with Crippen molar-refractivity contribution in [1.29, 1.82) is 0 Å². The van der Waals surface area contributed by atoms with E-state index in [1.54, 1.807) is 0 Å². The number of ether oxygens (including phenoxy) is 2. The van der Waals surface area contributed by atoms with Crippen LogP contribution in [-0.2, 0) is 23.1 Å². The van der Waals surface area contributed by atoms with Crippen molar-refractivity contribution >= 4 is 14.0 Å². The minimum atomic E-state index is -4.31. The molecule has 0 aromatic carbocycles. The highest BCUT2D eigenvalue weighted by Crippen LogP contribution is 2.67. The first-order chi connectivity index (χ1) is 21.4. The van der Waals surface area contributed by atoms with Gasteiger partial charge in [0.15, 0.2) is 0 Å². The van der Waals surface area contributed by atoms with Gasteiger partial charge >= 0.3 is 14.0 Å². The van der Waals surface area contributed by atoms with E-state index in [-0.39, 0.29) is 18.1 Å². The second-order valence-electron chi connectivity index (χ2n) is 17.1. The van der Waals surface area contributed by atoms with Crippen LogP contribution >= 0.6 is 7.82 Å². The maximum absolute atomic E-state index is 12.5. The molecule has 10 atom stereocenters. The summed E-state index contributed by atoms with van der Waals surface area (Å²) < 4.78 is 33.3.